The number of benzene rings is 1. The van der Waals surface area contributed by atoms with Crippen molar-refractivity contribution >= 4 is 6.08 Å². The molecule has 0 N–H and O–H groups in total. The highest BCUT2D eigenvalue weighted by Gasteiger charge is 2.27. The smallest absolute Gasteiger partial charge is 0.0162 e. The average Bonchev–Trinajstić information content (AvgIpc) is 2.95. The first-order chi connectivity index (χ1) is 6.90. The third-order valence-corrected chi connectivity index (χ3v) is 2.90. The highest BCUT2D eigenvalue weighted by molar-refractivity contribution is 5.57. The van der Waals surface area contributed by atoms with E-state index >= 15 is 0 Å². The zero-order chi connectivity index (χ0) is 9.80. The van der Waals surface area contributed by atoms with Crippen molar-refractivity contribution in [2.24, 2.45) is 5.92 Å². The van der Waals surface area contributed by atoms with Gasteiger partial charge in [0.1, 0.15) is 0 Å². The molecule has 1 aromatic carbocycles. The van der Waals surface area contributed by atoms with E-state index in [0.717, 1.165) is 5.92 Å². The van der Waals surface area contributed by atoms with Crippen LogP contribution in [0.2, 0.25) is 0 Å². The molecule has 74 valence electrons. The van der Waals surface area contributed by atoms with Gasteiger partial charge in [-0.15, -0.1) is 0 Å². The summed E-state index contributed by atoms with van der Waals surface area (Å²) in [6, 6.07) is 10.7. The van der Waals surface area contributed by atoms with Gasteiger partial charge in [0.2, 0.25) is 0 Å². The molecule has 0 amide bonds. The van der Waals surface area contributed by atoms with E-state index < -0.39 is 0 Å². The molecule has 2 rings (SSSR count). The number of unbranched alkanes of at least 4 members (excludes halogenated alkanes) is 1. The predicted octanol–water partition coefficient (Wildman–Crippen LogP) is 4.28. The summed E-state index contributed by atoms with van der Waals surface area (Å²) < 4.78 is 0. The summed E-state index contributed by atoms with van der Waals surface area (Å²) in [7, 11) is 0. The molecule has 1 fully saturated rings. The van der Waals surface area contributed by atoms with Crippen LogP contribution in [0.5, 0.6) is 0 Å². The molecule has 1 saturated carbocycles. The lowest BCUT2D eigenvalue weighted by molar-refractivity contribution is 0.669. The molecule has 1 unspecified atom stereocenters. The second-order valence-electron chi connectivity index (χ2n) is 4.17. The van der Waals surface area contributed by atoms with Crippen LogP contribution in [0.15, 0.2) is 35.9 Å². The minimum absolute atomic E-state index is 0.912. The van der Waals surface area contributed by atoms with E-state index in [4.69, 9.17) is 0 Å². The van der Waals surface area contributed by atoms with E-state index in [9.17, 15) is 0 Å². The summed E-state index contributed by atoms with van der Waals surface area (Å²) in [5.41, 5.74) is 3.02. The molecule has 0 saturated heterocycles. The molecule has 1 atom stereocenters. The van der Waals surface area contributed by atoms with Gasteiger partial charge in [0.15, 0.2) is 0 Å². The van der Waals surface area contributed by atoms with Crippen molar-refractivity contribution < 1.29 is 0 Å². The molecule has 1 aliphatic rings. The Labute approximate surface area is 86.7 Å². The van der Waals surface area contributed by atoms with Crippen molar-refractivity contribution in [1.82, 2.24) is 0 Å². The molecule has 0 aliphatic heterocycles. The lowest BCUT2D eigenvalue weighted by Gasteiger charge is -1.92. The van der Waals surface area contributed by atoms with Crippen LogP contribution in [0, 0.1) is 5.92 Å². The van der Waals surface area contributed by atoms with Crippen molar-refractivity contribution in [3.63, 3.8) is 0 Å². The Morgan fingerprint density at radius 3 is 2.79 bits per heavy atom. The van der Waals surface area contributed by atoms with Gasteiger partial charge >= 0.3 is 0 Å². The van der Waals surface area contributed by atoms with Crippen molar-refractivity contribution in [2.75, 3.05) is 0 Å². The monoisotopic (exact) mass is 186 g/mol. The molecule has 1 aromatic rings. The molecular weight excluding hydrogens is 168 g/mol. The molecule has 0 aromatic heterocycles. The van der Waals surface area contributed by atoms with E-state index in [-0.39, 0.29) is 0 Å². The van der Waals surface area contributed by atoms with Crippen LogP contribution < -0.4 is 0 Å². The molecule has 0 bridgehead atoms. The van der Waals surface area contributed by atoms with Crippen molar-refractivity contribution in [3.05, 3.63) is 41.5 Å². The van der Waals surface area contributed by atoms with Gasteiger partial charge in [-0.2, -0.15) is 0 Å². The number of hydrogen-bond donors (Lipinski definition) is 0. The topological polar surface area (TPSA) is 0 Å². The fourth-order valence-corrected chi connectivity index (χ4v) is 1.90. The van der Waals surface area contributed by atoms with Crippen LogP contribution in [-0.4, -0.2) is 0 Å². The fraction of sp³-hybridized carbons (Fsp3) is 0.429. The van der Waals surface area contributed by atoms with Crippen molar-refractivity contribution in [1.29, 1.82) is 0 Å². The Morgan fingerprint density at radius 1 is 1.29 bits per heavy atom. The Balaban J connectivity index is 1.90. The van der Waals surface area contributed by atoms with Gasteiger partial charge in [-0.3, -0.25) is 0 Å². The summed E-state index contributed by atoms with van der Waals surface area (Å²) in [5.74, 6) is 0.912. The first-order valence-electron chi connectivity index (χ1n) is 5.65. The Morgan fingerprint density at radius 2 is 2.07 bits per heavy atom. The normalized spacial score (nSPS) is 22.6. The van der Waals surface area contributed by atoms with E-state index in [2.05, 4.69) is 43.3 Å². The Kier molecular flexibility index (Phi) is 3.03. The maximum atomic E-state index is 2.36. The second kappa shape index (κ2) is 4.45. The zero-order valence-electron chi connectivity index (χ0n) is 8.87. The quantitative estimate of drug-likeness (QED) is 0.658. The number of allylic oxidation sites excluding steroid dienone is 1. The third kappa shape index (κ3) is 2.47. The number of rotatable bonds is 4. The first-order valence-corrected chi connectivity index (χ1v) is 5.65. The third-order valence-electron chi connectivity index (χ3n) is 2.90. The predicted molar refractivity (Wildman–Crippen MR) is 62.1 cm³/mol. The SMILES string of the molecule is CCCCC1C/C1=C\c1ccccc1. The van der Waals surface area contributed by atoms with Gasteiger partial charge in [0, 0.05) is 0 Å². The second-order valence-corrected chi connectivity index (χ2v) is 4.17. The van der Waals surface area contributed by atoms with Crippen LogP contribution in [0.4, 0.5) is 0 Å². The van der Waals surface area contributed by atoms with E-state index in [0.29, 0.717) is 0 Å². The van der Waals surface area contributed by atoms with Gasteiger partial charge in [0.05, 0.1) is 0 Å². The number of hydrogen-bond acceptors (Lipinski definition) is 0. The van der Waals surface area contributed by atoms with Crippen LogP contribution in [0.1, 0.15) is 38.2 Å². The lowest BCUT2D eigenvalue weighted by atomic mass is 10.1. The molecule has 0 heteroatoms. The first kappa shape index (κ1) is 9.51. The van der Waals surface area contributed by atoms with Crippen LogP contribution >= 0.6 is 0 Å². The maximum absolute atomic E-state index is 2.36. The Hall–Kier alpha value is -1.04. The standard InChI is InChI=1S/C14H18/c1-2-3-9-13-11-14(13)10-12-7-5-4-6-8-12/h4-8,10,13H,2-3,9,11H2,1H3/b14-10+. The largest absolute Gasteiger partial charge is 0.0656 e. The maximum Gasteiger partial charge on any atom is -0.0162 e. The minimum atomic E-state index is 0.912. The summed E-state index contributed by atoms with van der Waals surface area (Å²) in [4.78, 5) is 0. The van der Waals surface area contributed by atoms with Gasteiger partial charge in [0.25, 0.3) is 0 Å². The molecule has 14 heavy (non-hydrogen) atoms. The zero-order valence-corrected chi connectivity index (χ0v) is 8.87. The summed E-state index contributed by atoms with van der Waals surface area (Å²) in [5, 5.41) is 0. The molecule has 0 heterocycles. The van der Waals surface area contributed by atoms with Crippen LogP contribution in [0.25, 0.3) is 6.08 Å². The average molecular weight is 186 g/mol. The van der Waals surface area contributed by atoms with Gasteiger partial charge < -0.3 is 0 Å². The molecule has 0 radical (unpaired) electrons. The summed E-state index contributed by atoms with van der Waals surface area (Å²) in [6.45, 7) is 2.27. The van der Waals surface area contributed by atoms with E-state index in [1.807, 2.05) is 0 Å². The van der Waals surface area contributed by atoms with Crippen molar-refractivity contribution in [2.45, 2.75) is 32.6 Å². The lowest BCUT2D eigenvalue weighted by Crippen LogP contribution is -1.75. The van der Waals surface area contributed by atoms with Crippen LogP contribution in [0.3, 0.4) is 0 Å². The summed E-state index contributed by atoms with van der Waals surface area (Å²) >= 11 is 0. The van der Waals surface area contributed by atoms with E-state index in [1.54, 1.807) is 5.57 Å². The van der Waals surface area contributed by atoms with Gasteiger partial charge in [-0.25, -0.2) is 0 Å². The molecular formula is C14H18. The van der Waals surface area contributed by atoms with E-state index in [1.165, 1.54) is 31.2 Å². The van der Waals surface area contributed by atoms with Crippen LogP contribution in [-0.2, 0) is 0 Å². The molecule has 0 nitrogen and oxygen atoms in total. The van der Waals surface area contributed by atoms with Gasteiger partial charge in [-0.05, 0) is 24.3 Å². The summed E-state index contributed by atoms with van der Waals surface area (Å²) in [6.07, 6.45) is 7.82. The van der Waals surface area contributed by atoms with Gasteiger partial charge in [-0.1, -0.05) is 61.7 Å². The highest BCUT2D eigenvalue weighted by Crippen LogP contribution is 2.42. The fourth-order valence-electron chi connectivity index (χ4n) is 1.90. The van der Waals surface area contributed by atoms with Crippen molar-refractivity contribution in [3.8, 4) is 0 Å². The molecule has 1 aliphatic carbocycles. The Bertz CT molecular complexity index is 308. The molecule has 0 spiro atoms. The minimum Gasteiger partial charge on any atom is -0.0656 e. The highest BCUT2D eigenvalue weighted by atomic mass is 14.3.